The van der Waals surface area contributed by atoms with E-state index >= 15 is 0 Å². The molecular weight excluding hydrogens is 446 g/mol. The van der Waals surface area contributed by atoms with Crippen molar-refractivity contribution in [3.05, 3.63) is 74.6 Å². The van der Waals surface area contributed by atoms with Gasteiger partial charge in [-0.2, -0.15) is 5.26 Å². The molecule has 2 aliphatic rings. The van der Waals surface area contributed by atoms with E-state index in [0.717, 1.165) is 30.5 Å². The number of fused-ring (bicyclic) bond motifs is 3. The minimum atomic E-state index is -0.495. The van der Waals surface area contributed by atoms with Gasteiger partial charge in [0.1, 0.15) is 17.7 Å². The third-order valence-corrected chi connectivity index (χ3v) is 7.04. The summed E-state index contributed by atoms with van der Waals surface area (Å²) in [6.07, 6.45) is 3.41. The maximum Gasteiger partial charge on any atom is 0.277 e. The van der Waals surface area contributed by atoms with Crippen molar-refractivity contribution in [2.45, 2.75) is 31.9 Å². The van der Waals surface area contributed by atoms with Crippen molar-refractivity contribution < 1.29 is 9.66 Å². The summed E-state index contributed by atoms with van der Waals surface area (Å²) in [6.45, 7) is 3.41. The average Bonchev–Trinajstić information content (AvgIpc) is 3.20. The molecule has 2 aliphatic heterocycles. The zero-order chi connectivity index (χ0) is 24.1. The Balaban J connectivity index is 1.58. The quantitative estimate of drug-likeness (QED) is 0.331. The van der Waals surface area contributed by atoms with E-state index in [4.69, 9.17) is 4.74 Å². The van der Waals surface area contributed by atoms with Crippen molar-refractivity contribution in [2.75, 3.05) is 19.6 Å². The van der Waals surface area contributed by atoms with Crippen LogP contribution in [0.1, 0.15) is 24.8 Å². The molecule has 1 saturated heterocycles. The van der Waals surface area contributed by atoms with E-state index in [1.807, 2.05) is 24.3 Å². The van der Waals surface area contributed by atoms with Gasteiger partial charge in [-0.3, -0.25) is 24.4 Å². The molecule has 0 radical (unpaired) electrons. The number of nitro groups is 1. The van der Waals surface area contributed by atoms with E-state index < -0.39 is 10.5 Å². The molecule has 4 aromatic rings. The molecule has 6 rings (SSSR count). The van der Waals surface area contributed by atoms with Crippen molar-refractivity contribution in [3.63, 3.8) is 0 Å². The van der Waals surface area contributed by atoms with Crippen molar-refractivity contribution in [2.24, 2.45) is 0 Å². The van der Waals surface area contributed by atoms with Gasteiger partial charge in [0.2, 0.25) is 0 Å². The van der Waals surface area contributed by atoms with Crippen LogP contribution in [-0.4, -0.2) is 44.7 Å². The van der Waals surface area contributed by atoms with E-state index in [1.165, 1.54) is 48.1 Å². The Kier molecular flexibility index (Phi) is 5.04. The fourth-order valence-electron chi connectivity index (χ4n) is 5.48. The number of nitro benzene ring substituents is 1. The molecule has 2 aromatic heterocycles. The highest BCUT2D eigenvalue weighted by molar-refractivity contribution is 6.09. The molecule has 0 spiro atoms. The summed E-state index contributed by atoms with van der Waals surface area (Å²) in [5.74, 6) is 0.329. The molecule has 9 heteroatoms. The largest absolute Gasteiger partial charge is 0.483 e. The van der Waals surface area contributed by atoms with Gasteiger partial charge in [-0.1, -0.05) is 24.6 Å². The van der Waals surface area contributed by atoms with E-state index in [9.17, 15) is 20.2 Å². The molecule has 176 valence electrons. The first-order valence-electron chi connectivity index (χ1n) is 11.8. The lowest BCUT2D eigenvalue weighted by molar-refractivity contribution is -0.384. The fraction of sp³-hybridized carbons (Fsp3) is 0.308. The van der Waals surface area contributed by atoms with E-state index in [0.29, 0.717) is 29.0 Å². The smallest absolute Gasteiger partial charge is 0.277 e. The van der Waals surface area contributed by atoms with Crippen molar-refractivity contribution >= 4 is 27.6 Å². The molecule has 2 aromatic carbocycles. The van der Waals surface area contributed by atoms with Crippen LogP contribution in [0.25, 0.3) is 27.6 Å². The van der Waals surface area contributed by atoms with Crippen LogP contribution in [0.5, 0.6) is 5.75 Å². The number of benzene rings is 2. The molecule has 0 saturated carbocycles. The predicted molar refractivity (Wildman–Crippen MR) is 131 cm³/mol. The van der Waals surface area contributed by atoms with E-state index in [-0.39, 0.29) is 17.4 Å². The molecule has 0 aliphatic carbocycles. The Morgan fingerprint density at radius 1 is 1.06 bits per heavy atom. The van der Waals surface area contributed by atoms with Gasteiger partial charge in [-0.15, -0.1) is 0 Å². The van der Waals surface area contributed by atoms with Crippen LogP contribution in [0.2, 0.25) is 0 Å². The second-order valence-corrected chi connectivity index (χ2v) is 9.16. The summed E-state index contributed by atoms with van der Waals surface area (Å²) < 4.78 is 10.0. The van der Waals surface area contributed by atoms with E-state index in [2.05, 4.69) is 15.5 Å². The number of non-ortho nitro benzene ring substituents is 1. The summed E-state index contributed by atoms with van der Waals surface area (Å²) >= 11 is 0. The number of ether oxygens (including phenoxy) is 1. The topological polar surface area (TPSA) is 106 Å². The number of piperidine rings is 1. The number of nitrogens with zero attached hydrogens (tertiary/aromatic N) is 5. The number of rotatable bonds is 4. The molecule has 1 atom stereocenters. The molecule has 0 bridgehead atoms. The van der Waals surface area contributed by atoms with Crippen LogP contribution >= 0.6 is 0 Å². The minimum Gasteiger partial charge on any atom is -0.483 e. The average molecular weight is 470 g/mol. The second-order valence-electron chi connectivity index (χ2n) is 9.16. The van der Waals surface area contributed by atoms with Crippen molar-refractivity contribution in [1.82, 2.24) is 14.0 Å². The van der Waals surface area contributed by atoms with Crippen LogP contribution in [0.15, 0.2) is 53.3 Å². The molecule has 9 nitrogen and oxygen atoms in total. The summed E-state index contributed by atoms with van der Waals surface area (Å²) in [4.78, 5) is 26.8. The number of nitriles is 1. The molecule has 4 heterocycles. The fourth-order valence-corrected chi connectivity index (χ4v) is 5.48. The Hall–Kier alpha value is -4.16. The monoisotopic (exact) mass is 469 g/mol. The first-order valence-corrected chi connectivity index (χ1v) is 11.8. The minimum absolute atomic E-state index is 0.0525. The lowest BCUT2D eigenvalue weighted by Crippen LogP contribution is -2.42. The molecule has 0 amide bonds. The van der Waals surface area contributed by atoms with Gasteiger partial charge in [-0.05, 0) is 44.1 Å². The van der Waals surface area contributed by atoms with Crippen LogP contribution < -0.4 is 10.3 Å². The van der Waals surface area contributed by atoms with Crippen LogP contribution in [0, 0.1) is 21.4 Å². The normalized spacial score (nSPS) is 17.9. The second kappa shape index (κ2) is 8.25. The molecule has 1 unspecified atom stereocenters. The maximum atomic E-state index is 13.7. The Labute approximate surface area is 200 Å². The van der Waals surface area contributed by atoms with Crippen LogP contribution in [0.4, 0.5) is 5.69 Å². The summed E-state index contributed by atoms with van der Waals surface area (Å²) in [6, 6.07) is 15.7. The number of aromatic nitrogens is 2. The van der Waals surface area contributed by atoms with Gasteiger partial charge in [-0.25, -0.2) is 0 Å². The first kappa shape index (κ1) is 21.4. The third kappa shape index (κ3) is 3.37. The molecule has 0 N–H and O–H groups in total. The zero-order valence-corrected chi connectivity index (χ0v) is 19.0. The van der Waals surface area contributed by atoms with Crippen molar-refractivity contribution in [1.29, 1.82) is 5.26 Å². The Morgan fingerprint density at radius 3 is 2.51 bits per heavy atom. The molecule has 35 heavy (non-hydrogen) atoms. The summed E-state index contributed by atoms with van der Waals surface area (Å²) in [7, 11) is 0. The van der Waals surface area contributed by atoms with Crippen molar-refractivity contribution in [3.8, 4) is 17.5 Å². The lowest BCUT2D eigenvalue weighted by Gasteiger charge is -2.33. The summed E-state index contributed by atoms with van der Waals surface area (Å²) in [5, 5.41) is 22.0. The Bertz CT molecular complexity index is 1570. The van der Waals surface area contributed by atoms with Gasteiger partial charge in [0.25, 0.3) is 11.2 Å². The van der Waals surface area contributed by atoms with E-state index in [1.54, 1.807) is 0 Å². The van der Waals surface area contributed by atoms with Crippen LogP contribution in [0.3, 0.4) is 0 Å². The number of pyridine rings is 1. The SMILES string of the molecule is N#Cc1c2c3c(c4ccccc4n3CC(CN3CCCCC3)O2)n(-c2ccc([N+](=O)[O-])cc2)c1=O. The lowest BCUT2D eigenvalue weighted by atomic mass is 10.1. The van der Waals surface area contributed by atoms with Gasteiger partial charge >= 0.3 is 0 Å². The molecular formula is C26H23N5O4. The number of likely N-dealkylation sites (tertiary alicyclic amines) is 1. The molecule has 1 fully saturated rings. The predicted octanol–water partition coefficient (Wildman–Crippen LogP) is 3.97. The number of hydrogen-bond donors (Lipinski definition) is 0. The maximum absolute atomic E-state index is 13.7. The third-order valence-electron chi connectivity index (χ3n) is 7.04. The first-order chi connectivity index (χ1) is 17.1. The summed E-state index contributed by atoms with van der Waals surface area (Å²) in [5.41, 5.74) is 2.15. The van der Waals surface area contributed by atoms with Gasteiger partial charge < -0.3 is 9.30 Å². The Morgan fingerprint density at radius 2 is 1.80 bits per heavy atom. The zero-order valence-electron chi connectivity index (χ0n) is 19.0. The standard InChI is InChI=1S/C26H23N5O4/c27-14-21-25-24-23(30(26(21)32)17-8-10-18(11-9-17)31(33)34)20-6-2-3-7-22(20)29(24)16-19(35-25)15-28-12-4-1-5-13-28/h2-3,6-11,19H,1,4-5,12-13,15-16H2. The highest BCUT2D eigenvalue weighted by Gasteiger charge is 2.32. The highest BCUT2D eigenvalue weighted by atomic mass is 16.6. The number of hydrogen-bond acceptors (Lipinski definition) is 6. The van der Waals surface area contributed by atoms with Gasteiger partial charge in [0.05, 0.1) is 22.5 Å². The van der Waals surface area contributed by atoms with Gasteiger partial charge in [0, 0.05) is 29.8 Å². The highest BCUT2D eigenvalue weighted by Crippen LogP contribution is 2.40. The van der Waals surface area contributed by atoms with Crippen LogP contribution in [-0.2, 0) is 6.54 Å². The van der Waals surface area contributed by atoms with Gasteiger partial charge in [0.15, 0.2) is 11.3 Å². The number of para-hydroxylation sites is 1.